The maximum Gasteiger partial charge on any atom is 0.168 e. The van der Waals surface area contributed by atoms with Gasteiger partial charge in [0.15, 0.2) is 5.16 Å². The van der Waals surface area contributed by atoms with Crippen LogP contribution < -0.4 is 5.73 Å². The van der Waals surface area contributed by atoms with Gasteiger partial charge in [0.2, 0.25) is 0 Å². The van der Waals surface area contributed by atoms with E-state index >= 15 is 0 Å². The van der Waals surface area contributed by atoms with Gasteiger partial charge in [-0.2, -0.15) is 0 Å². The molecule has 120 valence electrons. The normalized spacial score (nSPS) is 16.1. The summed E-state index contributed by atoms with van der Waals surface area (Å²) in [4.78, 5) is 16.0. The molecule has 0 amide bonds. The Morgan fingerprint density at radius 3 is 2.87 bits per heavy atom. The second-order valence-electron chi connectivity index (χ2n) is 6.04. The number of thiophene rings is 1. The van der Waals surface area contributed by atoms with Crippen LogP contribution >= 0.6 is 23.1 Å². The van der Waals surface area contributed by atoms with Gasteiger partial charge in [0.1, 0.15) is 16.5 Å². The lowest BCUT2D eigenvalue weighted by molar-refractivity contribution is 0.661. The second kappa shape index (κ2) is 5.49. The topological polar surface area (TPSA) is 69.6 Å². The molecule has 7 heteroatoms. The maximum atomic E-state index is 6.20. The lowest BCUT2D eigenvalue weighted by atomic mass is 10.2. The second-order valence-corrected chi connectivity index (χ2v) is 8.55. The number of nitrogens with zero attached hydrogens (tertiary/aromatic N) is 4. The van der Waals surface area contributed by atoms with E-state index in [0.717, 1.165) is 21.2 Å². The van der Waals surface area contributed by atoms with Crippen molar-refractivity contribution in [1.29, 1.82) is 0 Å². The predicted octanol–water partition coefficient (Wildman–Crippen LogP) is 4.28. The number of nitrogen functional groups attached to an aromatic ring is 1. The number of nitrogens with two attached hydrogens (primary N) is 1. The molecule has 1 atom stereocenters. The largest absolute Gasteiger partial charge is 0.383 e. The van der Waals surface area contributed by atoms with Crippen LogP contribution in [0.1, 0.15) is 47.3 Å². The number of thioether (sulfide) groups is 1. The fourth-order valence-corrected chi connectivity index (χ4v) is 4.74. The summed E-state index contributed by atoms with van der Waals surface area (Å²) in [6.45, 7) is 6.30. The zero-order valence-corrected chi connectivity index (χ0v) is 15.0. The van der Waals surface area contributed by atoms with Crippen molar-refractivity contribution in [3.05, 3.63) is 28.7 Å². The lowest BCUT2D eigenvalue weighted by Gasteiger charge is -2.12. The Labute approximate surface area is 143 Å². The van der Waals surface area contributed by atoms with Crippen LogP contribution in [0.25, 0.3) is 10.2 Å². The Kier molecular flexibility index (Phi) is 3.57. The minimum atomic E-state index is 0.115. The van der Waals surface area contributed by atoms with Crippen LogP contribution in [-0.4, -0.2) is 19.5 Å². The number of aryl methyl sites for hydroxylation is 2. The SMILES string of the molecule is Cc1sc2nc([C@@H](C)Sc3nccn3C3CC3)nc(N)c2c1C. The van der Waals surface area contributed by atoms with Gasteiger partial charge in [0.25, 0.3) is 0 Å². The standard InChI is InChI=1S/C16H19N5S2/c1-8-9(2)22-15-12(8)13(17)19-14(20-15)10(3)23-16-18-6-7-21(16)11-4-5-11/h6-7,10-11H,4-5H2,1-3H3,(H2,17,19,20)/t10-/m1/s1. The molecule has 0 saturated heterocycles. The summed E-state index contributed by atoms with van der Waals surface area (Å²) in [5.41, 5.74) is 7.39. The summed E-state index contributed by atoms with van der Waals surface area (Å²) in [7, 11) is 0. The number of fused-ring (bicyclic) bond motifs is 1. The molecule has 5 nitrogen and oxygen atoms in total. The first-order valence-corrected chi connectivity index (χ1v) is 9.46. The monoisotopic (exact) mass is 345 g/mol. The highest BCUT2D eigenvalue weighted by molar-refractivity contribution is 7.99. The van der Waals surface area contributed by atoms with Crippen LogP contribution in [-0.2, 0) is 0 Å². The first kappa shape index (κ1) is 15.0. The van der Waals surface area contributed by atoms with Gasteiger partial charge >= 0.3 is 0 Å². The average Bonchev–Trinajstić information content (AvgIpc) is 3.18. The van der Waals surface area contributed by atoms with E-state index in [2.05, 4.69) is 41.5 Å². The molecule has 1 saturated carbocycles. The molecular formula is C16H19N5S2. The maximum absolute atomic E-state index is 6.20. The Bertz CT molecular complexity index is 878. The first-order chi connectivity index (χ1) is 11.0. The van der Waals surface area contributed by atoms with E-state index in [-0.39, 0.29) is 5.25 Å². The van der Waals surface area contributed by atoms with Gasteiger partial charge in [-0.25, -0.2) is 15.0 Å². The summed E-state index contributed by atoms with van der Waals surface area (Å²) in [6, 6.07) is 0.628. The Balaban J connectivity index is 1.66. The summed E-state index contributed by atoms with van der Waals surface area (Å²) >= 11 is 3.39. The molecule has 4 rings (SSSR count). The zero-order valence-electron chi connectivity index (χ0n) is 13.4. The molecule has 23 heavy (non-hydrogen) atoms. The minimum absolute atomic E-state index is 0.115. The van der Waals surface area contributed by atoms with Crippen LogP contribution in [0.4, 0.5) is 5.82 Å². The molecule has 0 aromatic carbocycles. The number of imidazole rings is 1. The number of hydrogen-bond acceptors (Lipinski definition) is 6. The van der Waals surface area contributed by atoms with Gasteiger partial charge in [-0.15, -0.1) is 11.3 Å². The molecule has 1 fully saturated rings. The van der Waals surface area contributed by atoms with Crippen molar-refractivity contribution >= 4 is 39.1 Å². The van der Waals surface area contributed by atoms with E-state index < -0.39 is 0 Å². The zero-order chi connectivity index (χ0) is 16.1. The molecule has 3 heterocycles. The molecular weight excluding hydrogens is 326 g/mol. The van der Waals surface area contributed by atoms with Crippen molar-refractivity contribution in [2.45, 2.75) is 50.1 Å². The van der Waals surface area contributed by atoms with Gasteiger partial charge in [0, 0.05) is 23.3 Å². The molecule has 0 aliphatic heterocycles. The smallest absolute Gasteiger partial charge is 0.168 e. The number of hydrogen-bond donors (Lipinski definition) is 1. The Morgan fingerprint density at radius 1 is 1.35 bits per heavy atom. The fourth-order valence-electron chi connectivity index (χ4n) is 2.71. The van der Waals surface area contributed by atoms with E-state index in [1.165, 1.54) is 23.3 Å². The minimum Gasteiger partial charge on any atom is -0.383 e. The molecule has 2 N–H and O–H groups in total. The van der Waals surface area contributed by atoms with Crippen molar-refractivity contribution in [3.63, 3.8) is 0 Å². The highest BCUT2D eigenvalue weighted by atomic mass is 32.2. The van der Waals surface area contributed by atoms with Gasteiger partial charge in [-0.3, -0.25) is 0 Å². The number of aromatic nitrogens is 4. The third-order valence-electron chi connectivity index (χ3n) is 4.29. The van der Waals surface area contributed by atoms with E-state index in [1.54, 1.807) is 23.1 Å². The van der Waals surface area contributed by atoms with Gasteiger partial charge in [0.05, 0.1) is 10.6 Å². The molecule has 1 aliphatic rings. The van der Waals surface area contributed by atoms with Gasteiger partial charge in [-0.05, 0) is 39.2 Å². The van der Waals surface area contributed by atoms with Crippen LogP contribution in [0.15, 0.2) is 17.6 Å². The quantitative estimate of drug-likeness (QED) is 0.715. The molecule has 3 aromatic heterocycles. The van der Waals surface area contributed by atoms with Crippen LogP contribution in [0, 0.1) is 13.8 Å². The van der Waals surface area contributed by atoms with E-state index in [9.17, 15) is 0 Å². The highest BCUT2D eigenvalue weighted by Crippen LogP contribution is 2.41. The van der Waals surface area contributed by atoms with Crippen molar-refractivity contribution in [2.75, 3.05) is 5.73 Å². The van der Waals surface area contributed by atoms with Gasteiger partial charge in [-0.1, -0.05) is 11.8 Å². The van der Waals surface area contributed by atoms with E-state index in [1.807, 2.05) is 6.20 Å². The van der Waals surface area contributed by atoms with Crippen molar-refractivity contribution < 1.29 is 0 Å². The summed E-state index contributed by atoms with van der Waals surface area (Å²) in [5.74, 6) is 1.37. The van der Waals surface area contributed by atoms with Crippen molar-refractivity contribution in [2.24, 2.45) is 0 Å². The summed E-state index contributed by atoms with van der Waals surface area (Å²) in [6.07, 6.45) is 6.44. The molecule has 0 bridgehead atoms. The Morgan fingerprint density at radius 2 is 2.13 bits per heavy atom. The predicted molar refractivity (Wildman–Crippen MR) is 96.1 cm³/mol. The summed E-state index contributed by atoms with van der Waals surface area (Å²) < 4.78 is 2.27. The van der Waals surface area contributed by atoms with Crippen LogP contribution in [0.3, 0.4) is 0 Å². The number of rotatable bonds is 4. The highest BCUT2D eigenvalue weighted by Gasteiger charge is 2.27. The third kappa shape index (κ3) is 2.61. The van der Waals surface area contributed by atoms with E-state index in [0.29, 0.717) is 11.9 Å². The Hall–Kier alpha value is -1.60. The first-order valence-electron chi connectivity index (χ1n) is 7.77. The summed E-state index contributed by atoms with van der Waals surface area (Å²) in [5, 5.41) is 2.16. The molecule has 0 radical (unpaired) electrons. The molecule has 1 aliphatic carbocycles. The number of anilines is 1. The van der Waals surface area contributed by atoms with Crippen LogP contribution in [0.2, 0.25) is 0 Å². The van der Waals surface area contributed by atoms with Gasteiger partial charge < -0.3 is 10.3 Å². The third-order valence-corrected chi connectivity index (χ3v) is 6.49. The average molecular weight is 345 g/mol. The van der Waals surface area contributed by atoms with Crippen LogP contribution in [0.5, 0.6) is 0 Å². The van der Waals surface area contributed by atoms with Crippen molar-refractivity contribution in [1.82, 2.24) is 19.5 Å². The molecule has 0 spiro atoms. The lowest BCUT2D eigenvalue weighted by Crippen LogP contribution is -2.03. The molecule has 0 unspecified atom stereocenters. The van der Waals surface area contributed by atoms with E-state index in [4.69, 9.17) is 10.7 Å². The molecule has 3 aromatic rings. The van der Waals surface area contributed by atoms with Crippen molar-refractivity contribution in [3.8, 4) is 0 Å². The fraction of sp³-hybridized carbons (Fsp3) is 0.438.